The Hall–Kier alpha value is -2.40. The molecule has 1 aromatic heterocycles. The Kier molecular flexibility index (Phi) is 3.54. The van der Waals surface area contributed by atoms with Crippen molar-refractivity contribution in [1.82, 2.24) is 4.98 Å². The fourth-order valence-corrected chi connectivity index (χ4v) is 1.46. The van der Waals surface area contributed by atoms with Crippen molar-refractivity contribution in [2.75, 3.05) is 0 Å². The van der Waals surface area contributed by atoms with E-state index in [0.717, 1.165) is 5.56 Å². The lowest BCUT2D eigenvalue weighted by atomic mass is 10.2. The standard InChI is InChI=1S/C13H13N3O2/c14-13(15)10-4-5-16-12(7-10)18-11-3-1-2-9(6-11)8-17/h1-7,17H,8H2,(H3,14,15). The Morgan fingerprint density at radius 1 is 1.33 bits per heavy atom. The Labute approximate surface area is 104 Å². The third-order valence-corrected chi connectivity index (χ3v) is 2.35. The van der Waals surface area contributed by atoms with Gasteiger partial charge in [-0.1, -0.05) is 12.1 Å². The minimum atomic E-state index is -0.0435. The quantitative estimate of drug-likeness (QED) is 0.562. The lowest BCUT2D eigenvalue weighted by molar-refractivity contribution is 0.281. The predicted octanol–water partition coefficient (Wildman–Crippen LogP) is 1.65. The molecule has 0 aliphatic heterocycles. The van der Waals surface area contributed by atoms with Gasteiger partial charge in [0, 0.05) is 17.8 Å². The molecule has 1 aromatic carbocycles. The molecule has 5 heteroatoms. The molecule has 0 fully saturated rings. The molecule has 2 rings (SSSR count). The van der Waals surface area contributed by atoms with Crippen LogP contribution < -0.4 is 10.5 Å². The number of rotatable bonds is 4. The van der Waals surface area contributed by atoms with E-state index in [0.29, 0.717) is 17.2 Å². The fourth-order valence-electron chi connectivity index (χ4n) is 1.46. The van der Waals surface area contributed by atoms with E-state index in [2.05, 4.69) is 4.98 Å². The van der Waals surface area contributed by atoms with Gasteiger partial charge in [0.25, 0.3) is 0 Å². The number of nitrogens with one attached hydrogen (secondary N) is 1. The van der Waals surface area contributed by atoms with Gasteiger partial charge in [-0.15, -0.1) is 0 Å². The molecule has 0 aliphatic carbocycles. The van der Waals surface area contributed by atoms with Crippen LogP contribution in [-0.2, 0) is 6.61 Å². The fraction of sp³-hybridized carbons (Fsp3) is 0.0769. The Bertz CT molecular complexity index is 570. The highest BCUT2D eigenvalue weighted by Gasteiger charge is 2.03. The van der Waals surface area contributed by atoms with E-state index in [1.54, 1.807) is 36.4 Å². The van der Waals surface area contributed by atoms with Gasteiger partial charge < -0.3 is 15.6 Å². The molecule has 0 radical (unpaired) electrons. The van der Waals surface area contributed by atoms with Crippen molar-refractivity contribution in [2.45, 2.75) is 6.61 Å². The van der Waals surface area contributed by atoms with Crippen LogP contribution in [-0.4, -0.2) is 15.9 Å². The number of nitrogens with zero attached hydrogens (tertiary/aromatic N) is 1. The Morgan fingerprint density at radius 3 is 2.89 bits per heavy atom. The summed E-state index contributed by atoms with van der Waals surface area (Å²) in [5.41, 5.74) is 6.70. The summed E-state index contributed by atoms with van der Waals surface area (Å²) < 4.78 is 5.54. The zero-order chi connectivity index (χ0) is 13.0. The van der Waals surface area contributed by atoms with Crippen LogP contribution in [0.25, 0.3) is 0 Å². The minimum absolute atomic E-state index is 0.0358. The maximum Gasteiger partial charge on any atom is 0.219 e. The number of aliphatic hydroxyl groups excluding tert-OH is 1. The lowest BCUT2D eigenvalue weighted by Gasteiger charge is -2.07. The van der Waals surface area contributed by atoms with Gasteiger partial charge in [0.15, 0.2) is 0 Å². The molecule has 1 heterocycles. The van der Waals surface area contributed by atoms with Crippen LogP contribution in [0.2, 0.25) is 0 Å². The van der Waals surface area contributed by atoms with E-state index in [1.165, 1.54) is 6.20 Å². The van der Waals surface area contributed by atoms with Gasteiger partial charge in [-0.2, -0.15) is 0 Å². The molecule has 2 aromatic rings. The highest BCUT2D eigenvalue weighted by molar-refractivity contribution is 5.95. The van der Waals surface area contributed by atoms with Crippen molar-refractivity contribution >= 4 is 5.84 Å². The average molecular weight is 243 g/mol. The zero-order valence-corrected chi connectivity index (χ0v) is 9.63. The molecular formula is C13H13N3O2. The molecule has 0 bridgehead atoms. The Balaban J connectivity index is 2.22. The number of hydrogen-bond acceptors (Lipinski definition) is 4. The molecule has 0 spiro atoms. The van der Waals surface area contributed by atoms with Crippen LogP contribution in [0.5, 0.6) is 11.6 Å². The predicted molar refractivity (Wildman–Crippen MR) is 67.7 cm³/mol. The third-order valence-electron chi connectivity index (χ3n) is 2.35. The normalized spacial score (nSPS) is 10.1. The van der Waals surface area contributed by atoms with E-state index in [1.807, 2.05) is 0 Å². The first-order valence-electron chi connectivity index (χ1n) is 5.37. The number of nitrogens with two attached hydrogens (primary N) is 1. The van der Waals surface area contributed by atoms with Crippen molar-refractivity contribution in [3.8, 4) is 11.6 Å². The van der Waals surface area contributed by atoms with Crippen molar-refractivity contribution < 1.29 is 9.84 Å². The minimum Gasteiger partial charge on any atom is -0.439 e. The van der Waals surface area contributed by atoms with Crippen LogP contribution >= 0.6 is 0 Å². The summed E-state index contributed by atoms with van der Waals surface area (Å²) in [7, 11) is 0. The van der Waals surface area contributed by atoms with E-state index in [9.17, 15) is 0 Å². The van der Waals surface area contributed by atoms with Crippen molar-refractivity contribution in [3.63, 3.8) is 0 Å². The van der Waals surface area contributed by atoms with E-state index >= 15 is 0 Å². The highest BCUT2D eigenvalue weighted by Crippen LogP contribution is 2.21. The van der Waals surface area contributed by atoms with Gasteiger partial charge in [0.2, 0.25) is 5.88 Å². The number of hydrogen-bond donors (Lipinski definition) is 3. The summed E-state index contributed by atoms with van der Waals surface area (Å²) in [5, 5.41) is 16.4. The summed E-state index contributed by atoms with van der Waals surface area (Å²) in [5.74, 6) is 0.902. The van der Waals surface area contributed by atoms with E-state index in [4.69, 9.17) is 21.0 Å². The smallest absolute Gasteiger partial charge is 0.219 e. The maximum absolute atomic E-state index is 9.03. The topological polar surface area (TPSA) is 92.2 Å². The van der Waals surface area contributed by atoms with Crippen molar-refractivity contribution in [1.29, 1.82) is 5.41 Å². The molecule has 0 amide bonds. The first-order chi connectivity index (χ1) is 8.69. The molecule has 0 saturated carbocycles. The second-order valence-corrected chi connectivity index (χ2v) is 3.70. The molecular weight excluding hydrogens is 230 g/mol. The second kappa shape index (κ2) is 5.29. The number of aliphatic hydroxyl groups is 1. The molecule has 92 valence electrons. The van der Waals surface area contributed by atoms with E-state index < -0.39 is 0 Å². The van der Waals surface area contributed by atoms with Crippen molar-refractivity contribution in [2.24, 2.45) is 5.73 Å². The van der Waals surface area contributed by atoms with Gasteiger partial charge in [-0.3, -0.25) is 5.41 Å². The van der Waals surface area contributed by atoms with Crippen LogP contribution in [0.1, 0.15) is 11.1 Å². The summed E-state index contributed by atoms with van der Waals surface area (Å²) >= 11 is 0. The summed E-state index contributed by atoms with van der Waals surface area (Å²) in [4.78, 5) is 4.04. The highest BCUT2D eigenvalue weighted by atomic mass is 16.5. The second-order valence-electron chi connectivity index (χ2n) is 3.70. The molecule has 0 atom stereocenters. The largest absolute Gasteiger partial charge is 0.439 e. The van der Waals surface area contributed by atoms with Gasteiger partial charge in [0.05, 0.1) is 6.61 Å². The van der Waals surface area contributed by atoms with Crippen LogP contribution in [0.15, 0.2) is 42.6 Å². The van der Waals surface area contributed by atoms with E-state index in [-0.39, 0.29) is 12.4 Å². The zero-order valence-electron chi connectivity index (χ0n) is 9.63. The number of pyridine rings is 1. The molecule has 18 heavy (non-hydrogen) atoms. The Morgan fingerprint density at radius 2 is 2.17 bits per heavy atom. The van der Waals surface area contributed by atoms with Gasteiger partial charge >= 0.3 is 0 Å². The van der Waals surface area contributed by atoms with Gasteiger partial charge in [-0.25, -0.2) is 4.98 Å². The molecule has 5 nitrogen and oxygen atoms in total. The summed E-state index contributed by atoms with van der Waals surface area (Å²) in [6.07, 6.45) is 1.53. The van der Waals surface area contributed by atoms with Crippen LogP contribution in [0.4, 0.5) is 0 Å². The van der Waals surface area contributed by atoms with Crippen LogP contribution in [0, 0.1) is 5.41 Å². The number of ether oxygens (including phenoxy) is 1. The number of nitrogen functional groups attached to an aromatic ring is 1. The molecule has 4 N–H and O–H groups in total. The first kappa shape index (κ1) is 12.1. The van der Waals surface area contributed by atoms with Crippen molar-refractivity contribution in [3.05, 3.63) is 53.7 Å². The third kappa shape index (κ3) is 2.83. The maximum atomic E-state index is 9.03. The monoisotopic (exact) mass is 243 g/mol. The number of amidine groups is 1. The van der Waals surface area contributed by atoms with Gasteiger partial charge in [0.1, 0.15) is 11.6 Å². The lowest BCUT2D eigenvalue weighted by Crippen LogP contribution is -2.11. The summed E-state index contributed by atoms with van der Waals surface area (Å²) in [6, 6.07) is 10.3. The summed E-state index contributed by atoms with van der Waals surface area (Å²) in [6.45, 7) is -0.0435. The SMILES string of the molecule is N=C(N)c1ccnc(Oc2cccc(CO)c2)c1. The molecule has 0 unspecified atom stereocenters. The van der Waals surface area contributed by atoms with Gasteiger partial charge in [-0.05, 0) is 23.8 Å². The number of aromatic nitrogens is 1. The molecule has 0 aliphatic rings. The average Bonchev–Trinajstić information content (AvgIpc) is 2.39. The first-order valence-corrected chi connectivity index (χ1v) is 5.37. The van der Waals surface area contributed by atoms with Crippen LogP contribution in [0.3, 0.4) is 0 Å². The molecule has 0 saturated heterocycles. The number of benzene rings is 1.